The summed E-state index contributed by atoms with van der Waals surface area (Å²) in [5.41, 5.74) is 10.3. The molecule has 0 aliphatic rings. The van der Waals surface area contributed by atoms with Gasteiger partial charge in [0.25, 0.3) is 0 Å². The van der Waals surface area contributed by atoms with Gasteiger partial charge >= 0.3 is 0 Å². The Morgan fingerprint density at radius 3 is 2.55 bits per heavy atom. The van der Waals surface area contributed by atoms with Gasteiger partial charge in [-0.1, -0.05) is 24.3 Å². The van der Waals surface area contributed by atoms with Gasteiger partial charge in [-0.3, -0.25) is 9.67 Å². The van der Waals surface area contributed by atoms with Crippen molar-refractivity contribution < 1.29 is 5.11 Å². The van der Waals surface area contributed by atoms with E-state index in [0.29, 0.717) is 13.1 Å². The Morgan fingerprint density at radius 1 is 1.00 bits per heavy atom. The Kier molecular flexibility index (Phi) is 4.27. The predicted molar refractivity (Wildman–Crippen MR) is 85.9 cm³/mol. The van der Waals surface area contributed by atoms with Gasteiger partial charge in [-0.05, 0) is 23.8 Å². The van der Waals surface area contributed by atoms with Crippen LogP contribution in [0.25, 0.3) is 22.5 Å². The number of aliphatic hydroxyl groups is 1. The molecule has 5 nitrogen and oxygen atoms in total. The minimum absolute atomic E-state index is 0.0479. The van der Waals surface area contributed by atoms with Crippen molar-refractivity contribution in [3.63, 3.8) is 0 Å². The number of nitrogens with zero attached hydrogens (tertiary/aromatic N) is 3. The molecule has 5 heteroatoms. The Labute approximate surface area is 129 Å². The molecule has 0 spiro atoms. The first-order chi connectivity index (χ1) is 10.8. The monoisotopic (exact) mass is 294 g/mol. The molecule has 3 N–H and O–H groups in total. The molecule has 0 atom stereocenters. The zero-order valence-corrected chi connectivity index (χ0v) is 12.2. The molecule has 2 aromatic heterocycles. The normalized spacial score (nSPS) is 10.8. The summed E-state index contributed by atoms with van der Waals surface area (Å²) in [6.07, 6.45) is 3.71. The van der Waals surface area contributed by atoms with Crippen molar-refractivity contribution in [2.75, 3.05) is 6.54 Å². The van der Waals surface area contributed by atoms with Crippen molar-refractivity contribution in [1.29, 1.82) is 0 Å². The summed E-state index contributed by atoms with van der Waals surface area (Å²) in [5, 5.41) is 13.6. The first-order valence-corrected chi connectivity index (χ1v) is 7.20. The van der Waals surface area contributed by atoms with Crippen LogP contribution in [0.3, 0.4) is 0 Å². The second-order valence-electron chi connectivity index (χ2n) is 5.04. The second-order valence-corrected chi connectivity index (χ2v) is 5.04. The highest BCUT2D eigenvalue weighted by Gasteiger charge is 2.06. The maximum Gasteiger partial charge on any atom is 0.0924 e. The first kappa shape index (κ1) is 14.4. The standard InChI is InChI=1S/C17H18N4O/c18-7-10-21-9-6-16(20-21)15-5-8-19-17(11-15)14-3-1-13(12-22)2-4-14/h1-6,8-9,11,22H,7,10,12,18H2. The fourth-order valence-electron chi connectivity index (χ4n) is 2.30. The molecule has 0 radical (unpaired) electrons. The van der Waals surface area contributed by atoms with Crippen LogP contribution in [0.15, 0.2) is 54.9 Å². The molecule has 0 fully saturated rings. The van der Waals surface area contributed by atoms with Gasteiger partial charge < -0.3 is 10.8 Å². The molecule has 0 saturated carbocycles. The molecule has 112 valence electrons. The third-order valence-electron chi connectivity index (χ3n) is 3.49. The lowest BCUT2D eigenvalue weighted by atomic mass is 10.1. The van der Waals surface area contributed by atoms with Gasteiger partial charge in [-0.2, -0.15) is 5.10 Å². The van der Waals surface area contributed by atoms with Gasteiger partial charge in [0.1, 0.15) is 0 Å². The van der Waals surface area contributed by atoms with Gasteiger partial charge in [0.05, 0.1) is 24.5 Å². The SMILES string of the molecule is NCCn1ccc(-c2ccnc(-c3ccc(CO)cc3)c2)n1. The van der Waals surface area contributed by atoms with Gasteiger partial charge in [0.2, 0.25) is 0 Å². The molecule has 3 rings (SSSR count). The fourth-order valence-corrected chi connectivity index (χ4v) is 2.30. The summed E-state index contributed by atoms with van der Waals surface area (Å²) in [6.45, 7) is 1.33. The molecular formula is C17H18N4O. The van der Waals surface area contributed by atoms with Crippen LogP contribution >= 0.6 is 0 Å². The summed E-state index contributed by atoms with van der Waals surface area (Å²) < 4.78 is 1.84. The number of rotatable bonds is 5. The zero-order chi connectivity index (χ0) is 15.4. The lowest BCUT2D eigenvalue weighted by Crippen LogP contribution is -2.10. The largest absolute Gasteiger partial charge is 0.392 e. The summed E-state index contributed by atoms with van der Waals surface area (Å²) in [4.78, 5) is 4.42. The van der Waals surface area contributed by atoms with E-state index in [9.17, 15) is 0 Å². The van der Waals surface area contributed by atoms with Crippen LogP contribution in [-0.2, 0) is 13.2 Å². The third kappa shape index (κ3) is 3.05. The van der Waals surface area contributed by atoms with E-state index in [1.54, 1.807) is 6.20 Å². The van der Waals surface area contributed by atoms with E-state index in [1.165, 1.54) is 0 Å². The van der Waals surface area contributed by atoms with Crippen LogP contribution in [-0.4, -0.2) is 26.4 Å². The third-order valence-corrected chi connectivity index (χ3v) is 3.49. The van der Waals surface area contributed by atoms with E-state index in [2.05, 4.69) is 10.1 Å². The molecule has 0 unspecified atom stereocenters. The van der Waals surface area contributed by atoms with Gasteiger partial charge in [0.15, 0.2) is 0 Å². The van der Waals surface area contributed by atoms with Crippen molar-refractivity contribution in [1.82, 2.24) is 14.8 Å². The molecule has 3 aromatic rings. The minimum Gasteiger partial charge on any atom is -0.392 e. The number of nitrogens with two attached hydrogens (primary N) is 1. The van der Waals surface area contributed by atoms with Crippen LogP contribution in [0.5, 0.6) is 0 Å². The van der Waals surface area contributed by atoms with E-state index in [0.717, 1.165) is 28.1 Å². The molecule has 2 heterocycles. The quantitative estimate of drug-likeness (QED) is 0.755. The van der Waals surface area contributed by atoms with E-state index < -0.39 is 0 Å². The number of hydrogen-bond acceptors (Lipinski definition) is 4. The molecule has 0 aliphatic carbocycles. The highest BCUT2D eigenvalue weighted by Crippen LogP contribution is 2.23. The summed E-state index contributed by atoms with van der Waals surface area (Å²) in [6, 6.07) is 13.7. The van der Waals surface area contributed by atoms with Crippen LogP contribution in [0, 0.1) is 0 Å². The van der Waals surface area contributed by atoms with Crippen LogP contribution < -0.4 is 5.73 Å². The van der Waals surface area contributed by atoms with Crippen molar-refractivity contribution in [3.8, 4) is 22.5 Å². The van der Waals surface area contributed by atoms with Crippen molar-refractivity contribution >= 4 is 0 Å². The van der Waals surface area contributed by atoms with Crippen molar-refractivity contribution in [3.05, 3.63) is 60.4 Å². The Hall–Kier alpha value is -2.50. The Balaban J connectivity index is 1.90. The smallest absolute Gasteiger partial charge is 0.0924 e. The topological polar surface area (TPSA) is 77.0 Å². The second kappa shape index (κ2) is 6.51. The highest BCUT2D eigenvalue weighted by atomic mass is 16.3. The number of aliphatic hydroxyl groups excluding tert-OH is 1. The maximum absolute atomic E-state index is 9.10. The van der Waals surface area contributed by atoms with Gasteiger partial charge in [0, 0.05) is 30.1 Å². The first-order valence-electron chi connectivity index (χ1n) is 7.20. The molecule has 0 bridgehead atoms. The maximum atomic E-state index is 9.10. The Bertz CT molecular complexity index is 749. The summed E-state index contributed by atoms with van der Waals surface area (Å²) in [7, 11) is 0. The number of aromatic nitrogens is 3. The molecule has 0 aliphatic heterocycles. The molecule has 0 saturated heterocycles. The van der Waals surface area contributed by atoms with E-state index >= 15 is 0 Å². The lowest BCUT2D eigenvalue weighted by molar-refractivity contribution is 0.282. The summed E-state index contributed by atoms with van der Waals surface area (Å²) >= 11 is 0. The average molecular weight is 294 g/mol. The predicted octanol–water partition coefficient (Wildman–Crippen LogP) is 2.06. The molecule has 1 aromatic carbocycles. The molecular weight excluding hydrogens is 276 g/mol. The van der Waals surface area contributed by atoms with Crippen LogP contribution in [0.4, 0.5) is 0 Å². The van der Waals surface area contributed by atoms with Crippen molar-refractivity contribution in [2.45, 2.75) is 13.2 Å². The summed E-state index contributed by atoms with van der Waals surface area (Å²) in [5.74, 6) is 0. The zero-order valence-electron chi connectivity index (χ0n) is 12.2. The van der Waals surface area contributed by atoms with Gasteiger partial charge in [-0.25, -0.2) is 0 Å². The van der Waals surface area contributed by atoms with Crippen molar-refractivity contribution in [2.24, 2.45) is 5.73 Å². The van der Waals surface area contributed by atoms with E-state index in [1.807, 2.05) is 53.3 Å². The number of pyridine rings is 1. The highest BCUT2D eigenvalue weighted by molar-refractivity contribution is 5.68. The molecule has 22 heavy (non-hydrogen) atoms. The van der Waals surface area contributed by atoms with E-state index in [4.69, 9.17) is 10.8 Å². The van der Waals surface area contributed by atoms with Crippen LogP contribution in [0.1, 0.15) is 5.56 Å². The Morgan fingerprint density at radius 2 is 1.82 bits per heavy atom. The number of hydrogen-bond donors (Lipinski definition) is 2. The molecule has 0 amide bonds. The average Bonchev–Trinajstić information content (AvgIpc) is 3.04. The minimum atomic E-state index is 0.0479. The van der Waals surface area contributed by atoms with Gasteiger partial charge in [-0.15, -0.1) is 0 Å². The van der Waals surface area contributed by atoms with E-state index in [-0.39, 0.29) is 6.61 Å². The fraction of sp³-hybridized carbons (Fsp3) is 0.176. The van der Waals surface area contributed by atoms with Crippen LogP contribution in [0.2, 0.25) is 0 Å². The lowest BCUT2D eigenvalue weighted by Gasteiger charge is -2.04. The number of benzene rings is 1.